The third-order valence-corrected chi connectivity index (χ3v) is 3.85. The van der Waals surface area contributed by atoms with Crippen molar-refractivity contribution in [2.45, 2.75) is 44.9 Å². The molecular formula is C14H18N2. The molecule has 2 aromatic heterocycles. The molecule has 0 radical (unpaired) electrons. The first-order valence-electron chi connectivity index (χ1n) is 5.88. The largest absolute Gasteiger partial charge is 0.307 e. The van der Waals surface area contributed by atoms with Crippen LogP contribution in [0.25, 0.3) is 5.65 Å². The Morgan fingerprint density at radius 1 is 1.12 bits per heavy atom. The number of imidazole rings is 1. The highest BCUT2D eigenvalue weighted by Gasteiger charge is 2.43. The SMILES string of the molecule is CC1(C)CC(C)(C)c2c1ccn1ccnc21. The molecule has 1 aliphatic carbocycles. The topological polar surface area (TPSA) is 17.3 Å². The van der Waals surface area contributed by atoms with Gasteiger partial charge in [-0.05, 0) is 28.9 Å². The quantitative estimate of drug-likeness (QED) is 0.657. The molecule has 2 heteroatoms. The Morgan fingerprint density at radius 2 is 1.88 bits per heavy atom. The van der Waals surface area contributed by atoms with E-state index in [0.717, 1.165) is 5.65 Å². The van der Waals surface area contributed by atoms with E-state index in [9.17, 15) is 0 Å². The van der Waals surface area contributed by atoms with Crippen LogP contribution in [0.4, 0.5) is 0 Å². The number of aromatic nitrogens is 2. The molecule has 0 amide bonds. The van der Waals surface area contributed by atoms with E-state index in [1.54, 1.807) is 0 Å². The Labute approximate surface area is 96.3 Å². The van der Waals surface area contributed by atoms with Crippen LogP contribution in [0.3, 0.4) is 0 Å². The predicted octanol–water partition coefficient (Wildman–Crippen LogP) is 3.29. The maximum atomic E-state index is 4.51. The molecule has 0 bridgehead atoms. The van der Waals surface area contributed by atoms with Gasteiger partial charge in [-0.3, -0.25) is 0 Å². The van der Waals surface area contributed by atoms with E-state index in [2.05, 4.69) is 49.3 Å². The zero-order valence-corrected chi connectivity index (χ0v) is 10.4. The van der Waals surface area contributed by atoms with Gasteiger partial charge in [-0.15, -0.1) is 0 Å². The minimum absolute atomic E-state index is 0.229. The van der Waals surface area contributed by atoms with Crippen LogP contribution in [-0.2, 0) is 10.8 Å². The molecule has 0 aromatic carbocycles. The molecule has 3 rings (SSSR count). The van der Waals surface area contributed by atoms with Crippen LogP contribution in [0.15, 0.2) is 24.7 Å². The standard InChI is InChI=1S/C14H18N2/c1-13(2)9-14(3,4)11-10(13)5-7-16-8-6-15-12(11)16/h5-8H,9H2,1-4H3. The van der Waals surface area contributed by atoms with E-state index in [4.69, 9.17) is 0 Å². The summed E-state index contributed by atoms with van der Waals surface area (Å²) in [5.74, 6) is 0. The molecule has 0 spiro atoms. The molecule has 0 atom stereocenters. The van der Waals surface area contributed by atoms with Crippen LogP contribution in [0.2, 0.25) is 0 Å². The Balaban J connectivity index is 2.44. The van der Waals surface area contributed by atoms with Gasteiger partial charge in [-0.2, -0.15) is 0 Å². The summed E-state index contributed by atoms with van der Waals surface area (Å²) < 4.78 is 2.13. The van der Waals surface area contributed by atoms with Gasteiger partial charge in [0.25, 0.3) is 0 Å². The van der Waals surface area contributed by atoms with Crippen molar-refractivity contribution < 1.29 is 0 Å². The lowest BCUT2D eigenvalue weighted by molar-refractivity contribution is 0.404. The van der Waals surface area contributed by atoms with Gasteiger partial charge in [0.15, 0.2) is 0 Å². The lowest BCUT2D eigenvalue weighted by Crippen LogP contribution is -2.18. The molecular weight excluding hydrogens is 196 g/mol. The van der Waals surface area contributed by atoms with Crippen molar-refractivity contribution in [3.63, 3.8) is 0 Å². The van der Waals surface area contributed by atoms with Gasteiger partial charge in [-0.25, -0.2) is 4.98 Å². The molecule has 84 valence electrons. The monoisotopic (exact) mass is 214 g/mol. The molecule has 1 aliphatic rings. The zero-order valence-electron chi connectivity index (χ0n) is 10.4. The summed E-state index contributed by atoms with van der Waals surface area (Å²) in [7, 11) is 0. The molecule has 0 saturated heterocycles. The van der Waals surface area contributed by atoms with E-state index in [1.165, 1.54) is 17.5 Å². The van der Waals surface area contributed by atoms with Crippen LogP contribution in [0.5, 0.6) is 0 Å². The second-order valence-electron chi connectivity index (χ2n) is 6.21. The molecule has 0 aliphatic heterocycles. The summed E-state index contributed by atoms with van der Waals surface area (Å²) >= 11 is 0. The Hall–Kier alpha value is -1.31. The molecule has 2 aromatic rings. The summed E-state index contributed by atoms with van der Waals surface area (Å²) in [6.07, 6.45) is 7.24. The van der Waals surface area contributed by atoms with E-state index < -0.39 is 0 Å². The third kappa shape index (κ3) is 1.10. The van der Waals surface area contributed by atoms with Crippen molar-refractivity contribution in [2.75, 3.05) is 0 Å². The molecule has 2 nitrogen and oxygen atoms in total. The van der Waals surface area contributed by atoms with Gasteiger partial charge in [0, 0.05) is 24.2 Å². The zero-order chi connectivity index (χ0) is 11.6. The lowest BCUT2D eigenvalue weighted by Gasteiger charge is -2.22. The average molecular weight is 214 g/mol. The second kappa shape index (κ2) is 2.68. The lowest BCUT2D eigenvalue weighted by atomic mass is 9.82. The minimum atomic E-state index is 0.229. The van der Waals surface area contributed by atoms with Gasteiger partial charge in [0.05, 0.1) is 0 Å². The highest BCUT2D eigenvalue weighted by atomic mass is 15.0. The van der Waals surface area contributed by atoms with Crippen LogP contribution in [0, 0.1) is 0 Å². The number of nitrogens with zero attached hydrogens (tertiary/aromatic N) is 2. The highest BCUT2D eigenvalue weighted by molar-refractivity contribution is 5.60. The van der Waals surface area contributed by atoms with Crippen molar-refractivity contribution in [1.29, 1.82) is 0 Å². The minimum Gasteiger partial charge on any atom is -0.307 e. The fourth-order valence-electron chi connectivity index (χ4n) is 3.51. The van der Waals surface area contributed by atoms with Crippen molar-refractivity contribution >= 4 is 5.65 Å². The van der Waals surface area contributed by atoms with Crippen LogP contribution < -0.4 is 0 Å². The first-order chi connectivity index (χ1) is 7.42. The fourth-order valence-corrected chi connectivity index (χ4v) is 3.51. The first kappa shape index (κ1) is 9.88. The molecule has 0 N–H and O–H groups in total. The van der Waals surface area contributed by atoms with Gasteiger partial charge in [0.2, 0.25) is 0 Å². The average Bonchev–Trinajstić information content (AvgIpc) is 2.66. The smallest absolute Gasteiger partial charge is 0.140 e. The Morgan fingerprint density at radius 3 is 2.62 bits per heavy atom. The normalized spacial score (nSPS) is 21.2. The van der Waals surface area contributed by atoms with Crippen LogP contribution >= 0.6 is 0 Å². The third-order valence-electron chi connectivity index (χ3n) is 3.85. The van der Waals surface area contributed by atoms with E-state index in [-0.39, 0.29) is 10.8 Å². The van der Waals surface area contributed by atoms with E-state index in [0.29, 0.717) is 0 Å². The molecule has 0 saturated carbocycles. The molecule has 0 fully saturated rings. The number of pyridine rings is 1. The summed E-state index contributed by atoms with van der Waals surface area (Å²) in [6.45, 7) is 9.32. The van der Waals surface area contributed by atoms with Gasteiger partial charge in [-0.1, -0.05) is 27.7 Å². The van der Waals surface area contributed by atoms with Crippen LogP contribution in [-0.4, -0.2) is 9.38 Å². The molecule has 2 heterocycles. The van der Waals surface area contributed by atoms with Crippen LogP contribution in [0.1, 0.15) is 45.2 Å². The van der Waals surface area contributed by atoms with Crippen molar-refractivity contribution in [3.05, 3.63) is 35.8 Å². The first-order valence-corrected chi connectivity index (χ1v) is 5.88. The maximum Gasteiger partial charge on any atom is 0.140 e. The highest BCUT2D eigenvalue weighted by Crippen LogP contribution is 2.50. The van der Waals surface area contributed by atoms with Gasteiger partial charge >= 0.3 is 0 Å². The second-order valence-corrected chi connectivity index (χ2v) is 6.21. The predicted molar refractivity (Wildman–Crippen MR) is 65.9 cm³/mol. The summed E-state index contributed by atoms with van der Waals surface area (Å²) in [4.78, 5) is 4.51. The molecule has 0 unspecified atom stereocenters. The van der Waals surface area contributed by atoms with Crippen molar-refractivity contribution in [1.82, 2.24) is 9.38 Å². The fraction of sp³-hybridized carbons (Fsp3) is 0.500. The van der Waals surface area contributed by atoms with Crippen molar-refractivity contribution in [3.8, 4) is 0 Å². The van der Waals surface area contributed by atoms with Crippen molar-refractivity contribution in [2.24, 2.45) is 0 Å². The number of rotatable bonds is 0. The number of hydrogen-bond acceptors (Lipinski definition) is 1. The maximum absolute atomic E-state index is 4.51. The number of hydrogen-bond donors (Lipinski definition) is 0. The number of fused-ring (bicyclic) bond motifs is 3. The van der Waals surface area contributed by atoms with E-state index in [1.807, 2.05) is 12.4 Å². The summed E-state index contributed by atoms with van der Waals surface area (Å²) in [6, 6.07) is 2.26. The summed E-state index contributed by atoms with van der Waals surface area (Å²) in [5.41, 5.74) is 4.54. The van der Waals surface area contributed by atoms with E-state index >= 15 is 0 Å². The Bertz CT molecular complexity index is 561. The Kier molecular flexibility index (Phi) is 1.65. The van der Waals surface area contributed by atoms with Gasteiger partial charge in [0.1, 0.15) is 5.65 Å². The molecule has 16 heavy (non-hydrogen) atoms. The van der Waals surface area contributed by atoms with Gasteiger partial charge < -0.3 is 4.40 Å². The summed E-state index contributed by atoms with van der Waals surface area (Å²) in [5, 5.41) is 0.